The average Bonchev–Trinajstić information content (AvgIpc) is 2.45. The summed E-state index contributed by atoms with van der Waals surface area (Å²) in [6, 6.07) is 7.84. The van der Waals surface area contributed by atoms with Gasteiger partial charge in [0.05, 0.1) is 16.9 Å². The van der Waals surface area contributed by atoms with Gasteiger partial charge in [-0.2, -0.15) is 0 Å². The van der Waals surface area contributed by atoms with Crippen molar-refractivity contribution in [3.8, 4) is 0 Å². The molecule has 0 aliphatic rings. The highest BCUT2D eigenvalue weighted by atomic mass is 32.2. The molecule has 22 heavy (non-hydrogen) atoms. The van der Waals surface area contributed by atoms with E-state index in [0.717, 1.165) is 34.6 Å². The van der Waals surface area contributed by atoms with Crippen molar-refractivity contribution in [1.29, 1.82) is 0 Å². The number of unbranched alkanes of at least 4 members (excludes halogenated alkanes) is 1. The van der Waals surface area contributed by atoms with E-state index in [1.54, 1.807) is 13.0 Å². The molecule has 124 valence electrons. The number of allylic oxidation sites excluding steroid dienone is 1. The van der Waals surface area contributed by atoms with Gasteiger partial charge >= 0.3 is 0 Å². The summed E-state index contributed by atoms with van der Waals surface area (Å²) in [5.41, 5.74) is 1.16. The van der Waals surface area contributed by atoms with Crippen LogP contribution in [0.25, 0.3) is 0 Å². The average molecular weight is 323 g/mol. The number of hydrogen-bond donors (Lipinski definition) is 1. The fourth-order valence-corrected chi connectivity index (χ4v) is 4.23. The van der Waals surface area contributed by atoms with Crippen molar-refractivity contribution in [1.82, 2.24) is 0 Å². The summed E-state index contributed by atoms with van der Waals surface area (Å²) in [6.45, 7) is 10.3. The van der Waals surface area contributed by atoms with Gasteiger partial charge in [0.25, 0.3) is 0 Å². The van der Waals surface area contributed by atoms with Crippen molar-refractivity contribution in [3.05, 3.63) is 40.8 Å². The molecule has 0 heterocycles. The fraction of sp³-hybridized carbons (Fsp3) is 0.579. The molecule has 0 unspecified atom stereocenters. The van der Waals surface area contributed by atoms with Crippen molar-refractivity contribution in [2.24, 2.45) is 11.8 Å². The van der Waals surface area contributed by atoms with Crippen LogP contribution in [0.3, 0.4) is 0 Å². The molecule has 1 rings (SSSR count). The molecule has 0 aliphatic heterocycles. The molecule has 0 aromatic heterocycles. The lowest BCUT2D eigenvalue weighted by Gasteiger charge is -2.24. The first kappa shape index (κ1) is 19.1. The maximum atomic E-state index is 13.0. The molecule has 0 spiro atoms. The van der Waals surface area contributed by atoms with Crippen LogP contribution in [0, 0.1) is 18.8 Å². The molecule has 0 radical (unpaired) electrons. The van der Waals surface area contributed by atoms with Gasteiger partial charge in [0.15, 0.2) is 0 Å². The second kappa shape index (κ2) is 9.26. The van der Waals surface area contributed by atoms with Gasteiger partial charge in [-0.3, -0.25) is 0 Å². The third-order valence-electron chi connectivity index (χ3n) is 3.89. The van der Waals surface area contributed by atoms with E-state index >= 15 is 0 Å². The minimum atomic E-state index is -1.20. The van der Waals surface area contributed by atoms with E-state index in [1.165, 1.54) is 0 Å². The Hall–Kier alpha value is -0.930. The molecule has 0 fully saturated rings. The third-order valence-corrected chi connectivity index (χ3v) is 5.46. The Kier molecular flexibility index (Phi) is 8.05. The van der Waals surface area contributed by atoms with Crippen molar-refractivity contribution >= 4 is 10.8 Å². The molecule has 1 N–H and O–H groups in total. The minimum absolute atomic E-state index is 0.247. The topological polar surface area (TPSA) is 37.3 Å². The van der Waals surface area contributed by atoms with Crippen LogP contribution < -0.4 is 0 Å². The summed E-state index contributed by atoms with van der Waals surface area (Å²) >= 11 is 0. The van der Waals surface area contributed by atoms with Gasteiger partial charge in [-0.15, -0.1) is 0 Å². The Morgan fingerprint density at radius 3 is 2.27 bits per heavy atom. The molecule has 0 amide bonds. The highest BCUT2D eigenvalue weighted by molar-refractivity contribution is 7.89. The van der Waals surface area contributed by atoms with Gasteiger partial charge in [-0.25, -0.2) is 4.21 Å². The highest BCUT2D eigenvalue weighted by Crippen LogP contribution is 2.31. The van der Waals surface area contributed by atoms with E-state index in [1.807, 2.05) is 31.2 Å². The largest absolute Gasteiger partial charge is 0.389 e. The zero-order valence-electron chi connectivity index (χ0n) is 14.5. The maximum absolute atomic E-state index is 13.0. The first-order chi connectivity index (χ1) is 10.4. The summed E-state index contributed by atoms with van der Waals surface area (Å²) in [6.07, 6.45) is 4.47. The second-order valence-corrected chi connectivity index (χ2v) is 7.86. The SMILES string of the molecule is CCCC[C@@H](/C(=C/[C@H](C)O)[S@@](=O)c1ccc(C)cc1)C(C)C. The first-order valence-electron chi connectivity index (χ1n) is 8.25. The Morgan fingerprint density at radius 2 is 1.82 bits per heavy atom. The van der Waals surface area contributed by atoms with Crippen LogP contribution >= 0.6 is 0 Å². The smallest absolute Gasteiger partial charge is 0.0809 e. The molecule has 3 heteroatoms. The van der Waals surface area contributed by atoms with Crippen LogP contribution in [0.4, 0.5) is 0 Å². The van der Waals surface area contributed by atoms with Crippen LogP contribution in [0.15, 0.2) is 40.1 Å². The summed E-state index contributed by atoms with van der Waals surface area (Å²) in [7, 11) is -1.20. The second-order valence-electron chi connectivity index (χ2n) is 6.38. The number of aliphatic hydroxyl groups is 1. The summed E-state index contributed by atoms with van der Waals surface area (Å²) in [5, 5.41) is 9.81. The molecule has 0 saturated carbocycles. The molecule has 0 bridgehead atoms. The van der Waals surface area contributed by atoms with Crippen LogP contribution in [0.1, 0.15) is 52.5 Å². The molecule has 3 atom stereocenters. The number of aryl methyl sites for hydroxylation is 1. The fourth-order valence-electron chi connectivity index (χ4n) is 2.59. The standard InChI is InChI=1S/C19H30O2S/c1-6-7-8-18(14(2)3)19(13-16(5)20)22(21)17-11-9-15(4)10-12-17/h9-14,16,18,20H,6-8H2,1-5H3/b19-13-/t16-,18+,22-/m0/s1. The number of hydrogen-bond acceptors (Lipinski definition) is 2. The van der Waals surface area contributed by atoms with Crippen LogP contribution in [0.5, 0.6) is 0 Å². The number of aliphatic hydroxyl groups excluding tert-OH is 1. The van der Waals surface area contributed by atoms with Crippen LogP contribution in [-0.4, -0.2) is 15.4 Å². The van der Waals surface area contributed by atoms with E-state index in [2.05, 4.69) is 20.8 Å². The van der Waals surface area contributed by atoms with E-state index < -0.39 is 16.9 Å². The molecule has 0 saturated heterocycles. The van der Waals surface area contributed by atoms with E-state index in [9.17, 15) is 9.32 Å². The molecule has 1 aromatic carbocycles. The summed E-state index contributed by atoms with van der Waals surface area (Å²) < 4.78 is 13.0. The Balaban J connectivity index is 3.15. The van der Waals surface area contributed by atoms with Gasteiger partial charge in [0.1, 0.15) is 0 Å². The van der Waals surface area contributed by atoms with Gasteiger partial charge in [-0.1, -0.05) is 51.3 Å². The first-order valence-corrected chi connectivity index (χ1v) is 9.40. The molecular weight excluding hydrogens is 292 g/mol. The molecular formula is C19H30O2S. The predicted molar refractivity (Wildman–Crippen MR) is 95.2 cm³/mol. The van der Waals surface area contributed by atoms with Crippen molar-refractivity contribution in [2.75, 3.05) is 0 Å². The monoisotopic (exact) mass is 322 g/mol. The lowest BCUT2D eigenvalue weighted by atomic mass is 9.89. The predicted octanol–water partition coefficient (Wildman–Crippen LogP) is 4.83. The lowest BCUT2D eigenvalue weighted by molar-refractivity contribution is 0.242. The number of rotatable bonds is 8. The quantitative estimate of drug-likeness (QED) is 0.744. The van der Waals surface area contributed by atoms with Crippen molar-refractivity contribution < 1.29 is 9.32 Å². The lowest BCUT2D eigenvalue weighted by Crippen LogP contribution is -2.17. The summed E-state index contributed by atoms with van der Waals surface area (Å²) in [5.74, 6) is 0.655. The van der Waals surface area contributed by atoms with Gasteiger partial charge in [-0.05, 0) is 50.3 Å². The minimum Gasteiger partial charge on any atom is -0.389 e. The van der Waals surface area contributed by atoms with Crippen LogP contribution in [-0.2, 0) is 10.8 Å². The van der Waals surface area contributed by atoms with Gasteiger partial charge in [0, 0.05) is 9.80 Å². The highest BCUT2D eigenvalue weighted by Gasteiger charge is 2.24. The van der Waals surface area contributed by atoms with Crippen molar-refractivity contribution in [2.45, 2.75) is 64.9 Å². The Labute approximate surface area is 138 Å². The molecule has 1 aromatic rings. The molecule has 2 nitrogen and oxygen atoms in total. The van der Waals surface area contributed by atoms with Crippen LogP contribution in [0.2, 0.25) is 0 Å². The maximum Gasteiger partial charge on any atom is 0.0809 e. The number of benzene rings is 1. The zero-order chi connectivity index (χ0) is 16.7. The normalized spacial score (nSPS) is 16.6. The summed E-state index contributed by atoms with van der Waals surface area (Å²) in [4.78, 5) is 1.70. The molecule has 0 aliphatic carbocycles. The van der Waals surface area contributed by atoms with Crippen molar-refractivity contribution in [3.63, 3.8) is 0 Å². The van der Waals surface area contributed by atoms with E-state index in [-0.39, 0.29) is 5.92 Å². The van der Waals surface area contributed by atoms with E-state index in [4.69, 9.17) is 0 Å². The van der Waals surface area contributed by atoms with E-state index in [0.29, 0.717) is 5.92 Å². The van der Waals surface area contributed by atoms with Gasteiger partial charge in [0.2, 0.25) is 0 Å². The zero-order valence-corrected chi connectivity index (χ0v) is 15.3. The van der Waals surface area contributed by atoms with Gasteiger partial charge < -0.3 is 5.11 Å². The Morgan fingerprint density at radius 1 is 1.23 bits per heavy atom. The third kappa shape index (κ3) is 5.69. The Bertz CT molecular complexity index is 501.